The molecule has 0 spiro atoms. The van der Waals surface area contributed by atoms with Crippen LogP contribution >= 0.6 is 23.2 Å². The lowest BCUT2D eigenvalue weighted by Crippen LogP contribution is -2.49. The Kier molecular flexibility index (Phi) is 10.4. The standard InChI is InChI=1S/C35H39Cl2FN6O2/c1-7-22(3)43-14-16-44(17-15-43)31-13-10-26(19-28(31)37)39-34-40-30(27-11-8-21(2)23(4)24(27)5)20-33(41-34)46-35(45)42(6)32-18-25(36)9-12-29(32)38/h8-13,18-20,22H,7,14-17H2,1-6H3,(H,39,40,41). The molecule has 1 atom stereocenters. The van der Waals surface area contributed by atoms with Gasteiger partial charge in [-0.15, -0.1) is 0 Å². The number of carbonyl (C=O) groups excluding carboxylic acids is 1. The van der Waals surface area contributed by atoms with E-state index in [-0.39, 0.29) is 22.5 Å². The van der Waals surface area contributed by atoms with Crippen LogP contribution in [0.25, 0.3) is 11.3 Å². The number of halogens is 3. The number of aryl methyl sites for hydroxylation is 1. The lowest BCUT2D eigenvalue weighted by Gasteiger charge is -2.39. The summed E-state index contributed by atoms with van der Waals surface area (Å²) in [4.78, 5) is 28.3. The molecule has 1 amide bonds. The SMILES string of the molecule is CCC(C)N1CCN(c2ccc(Nc3nc(OC(=O)N(C)c4cc(Cl)ccc4F)cc(-c4ccc(C)c(C)c4C)n3)cc2Cl)CC1. The summed E-state index contributed by atoms with van der Waals surface area (Å²) in [5.41, 5.74) is 6.38. The molecule has 1 unspecified atom stereocenters. The number of aromatic nitrogens is 2. The van der Waals surface area contributed by atoms with E-state index in [2.05, 4.69) is 47.8 Å². The molecule has 0 aliphatic carbocycles. The molecule has 0 saturated carbocycles. The van der Waals surface area contributed by atoms with Crippen LogP contribution in [0.5, 0.6) is 5.88 Å². The van der Waals surface area contributed by atoms with Gasteiger partial charge in [0.05, 0.1) is 22.1 Å². The summed E-state index contributed by atoms with van der Waals surface area (Å²) in [6.07, 6.45) is 0.292. The molecule has 1 aromatic heterocycles. The normalized spacial score (nSPS) is 14.2. The van der Waals surface area contributed by atoms with E-state index in [0.717, 1.165) is 65.4 Å². The fraction of sp³-hybridized carbons (Fsp3) is 0.343. The van der Waals surface area contributed by atoms with Gasteiger partial charge in [-0.1, -0.05) is 42.3 Å². The number of nitrogens with zero attached hydrogens (tertiary/aromatic N) is 5. The molecule has 1 aliphatic heterocycles. The zero-order chi connectivity index (χ0) is 33.1. The molecule has 1 saturated heterocycles. The van der Waals surface area contributed by atoms with Gasteiger partial charge in [-0.2, -0.15) is 4.98 Å². The van der Waals surface area contributed by atoms with Crippen LogP contribution < -0.4 is 19.9 Å². The van der Waals surface area contributed by atoms with Gasteiger partial charge in [0.15, 0.2) is 0 Å². The van der Waals surface area contributed by atoms with Crippen molar-refractivity contribution in [2.24, 2.45) is 0 Å². The predicted octanol–water partition coefficient (Wildman–Crippen LogP) is 8.81. The number of carbonyl (C=O) groups is 1. The molecular formula is C35H39Cl2FN6O2. The third kappa shape index (κ3) is 7.38. The molecule has 0 bridgehead atoms. The minimum absolute atomic E-state index is 0.00805. The monoisotopic (exact) mass is 664 g/mol. The van der Waals surface area contributed by atoms with Crippen molar-refractivity contribution in [1.29, 1.82) is 0 Å². The highest BCUT2D eigenvalue weighted by atomic mass is 35.5. The molecule has 5 rings (SSSR count). The highest BCUT2D eigenvalue weighted by molar-refractivity contribution is 6.33. The Balaban J connectivity index is 1.43. The summed E-state index contributed by atoms with van der Waals surface area (Å²) in [5.74, 6) is -0.412. The van der Waals surface area contributed by atoms with Gasteiger partial charge in [-0.3, -0.25) is 9.80 Å². The van der Waals surface area contributed by atoms with Crippen molar-refractivity contribution < 1.29 is 13.9 Å². The summed E-state index contributed by atoms with van der Waals surface area (Å²) in [6.45, 7) is 14.4. The molecule has 1 N–H and O–H groups in total. The van der Waals surface area contributed by atoms with Crippen molar-refractivity contribution in [1.82, 2.24) is 14.9 Å². The average molecular weight is 666 g/mol. The van der Waals surface area contributed by atoms with Gasteiger partial charge in [0.2, 0.25) is 11.8 Å². The Morgan fingerprint density at radius 3 is 2.43 bits per heavy atom. The highest BCUT2D eigenvalue weighted by Crippen LogP contribution is 2.33. The van der Waals surface area contributed by atoms with Crippen LogP contribution in [-0.4, -0.2) is 60.2 Å². The van der Waals surface area contributed by atoms with Crippen LogP contribution in [0.2, 0.25) is 10.0 Å². The number of ether oxygens (including phenoxy) is 1. The largest absolute Gasteiger partial charge is 0.420 e. The van der Waals surface area contributed by atoms with Gasteiger partial charge in [0.25, 0.3) is 0 Å². The van der Waals surface area contributed by atoms with Crippen LogP contribution in [0.1, 0.15) is 37.0 Å². The fourth-order valence-corrected chi connectivity index (χ4v) is 6.00. The summed E-state index contributed by atoms with van der Waals surface area (Å²) < 4.78 is 20.2. The molecule has 242 valence electrons. The second-order valence-corrected chi connectivity index (χ2v) is 12.5. The van der Waals surface area contributed by atoms with Gasteiger partial charge in [0, 0.05) is 61.6 Å². The first-order valence-corrected chi connectivity index (χ1v) is 16.1. The van der Waals surface area contributed by atoms with Gasteiger partial charge < -0.3 is 15.0 Å². The van der Waals surface area contributed by atoms with E-state index < -0.39 is 11.9 Å². The lowest BCUT2D eigenvalue weighted by molar-refractivity contribution is 0.193. The molecule has 46 heavy (non-hydrogen) atoms. The highest BCUT2D eigenvalue weighted by Gasteiger charge is 2.23. The number of benzene rings is 3. The Labute approximate surface area is 280 Å². The summed E-state index contributed by atoms with van der Waals surface area (Å²) in [5, 5.41) is 4.13. The van der Waals surface area contributed by atoms with Gasteiger partial charge in [0.1, 0.15) is 5.82 Å². The smallest absolute Gasteiger partial charge is 0.391 e. The van der Waals surface area contributed by atoms with Crippen molar-refractivity contribution in [2.75, 3.05) is 48.3 Å². The molecule has 2 heterocycles. The van der Waals surface area contributed by atoms with Crippen molar-refractivity contribution >= 4 is 52.3 Å². The van der Waals surface area contributed by atoms with E-state index in [4.69, 9.17) is 32.9 Å². The van der Waals surface area contributed by atoms with E-state index in [1.165, 1.54) is 25.2 Å². The van der Waals surface area contributed by atoms with E-state index in [9.17, 15) is 9.18 Å². The molecule has 0 radical (unpaired) electrons. The minimum atomic E-state index is -0.839. The quantitative estimate of drug-likeness (QED) is 0.202. The number of anilines is 4. The maximum absolute atomic E-state index is 14.5. The molecule has 3 aromatic carbocycles. The topological polar surface area (TPSA) is 73.8 Å². The zero-order valence-corrected chi connectivity index (χ0v) is 28.5. The number of hydrogen-bond donors (Lipinski definition) is 1. The van der Waals surface area contributed by atoms with E-state index in [0.29, 0.717) is 22.4 Å². The Morgan fingerprint density at radius 1 is 1.00 bits per heavy atom. The minimum Gasteiger partial charge on any atom is -0.391 e. The summed E-state index contributed by atoms with van der Waals surface area (Å²) >= 11 is 12.9. The Bertz CT molecular complexity index is 1740. The van der Waals surface area contributed by atoms with Crippen molar-refractivity contribution in [2.45, 2.75) is 47.1 Å². The van der Waals surface area contributed by atoms with E-state index in [1.54, 1.807) is 6.07 Å². The number of hydrogen-bond acceptors (Lipinski definition) is 7. The second kappa shape index (κ2) is 14.2. The van der Waals surface area contributed by atoms with Crippen molar-refractivity contribution in [3.8, 4) is 17.1 Å². The van der Waals surface area contributed by atoms with Gasteiger partial charge in [-0.05, 0) is 87.2 Å². The maximum Gasteiger partial charge on any atom is 0.420 e. The first kappa shape index (κ1) is 33.4. The molecule has 8 nitrogen and oxygen atoms in total. The van der Waals surface area contributed by atoms with Crippen LogP contribution in [0.15, 0.2) is 54.6 Å². The van der Waals surface area contributed by atoms with Crippen molar-refractivity contribution in [3.05, 3.63) is 87.2 Å². The second-order valence-electron chi connectivity index (χ2n) is 11.7. The number of piperazine rings is 1. The molecule has 11 heteroatoms. The van der Waals surface area contributed by atoms with Crippen LogP contribution in [0.4, 0.5) is 32.2 Å². The Morgan fingerprint density at radius 2 is 1.74 bits per heavy atom. The number of nitrogens with one attached hydrogen (secondary N) is 1. The first-order chi connectivity index (χ1) is 21.9. The lowest BCUT2D eigenvalue weighted by atomic mass is 9.97. The number of amides is 1. The van der Waals surface area contributed by atoms with Gasteiger partial charge in [-0.25, -0.2) is 14.2 Å². The molecule has 1 fully saturated rings. The van der Waals surface area contributed by atoms with Crippen molar-refractivity contribution in [3.63, 3.8) is 0 Å². The fourth-order valence-electron chi connectivity index (χ4n) is 5.54. The predicted molar refractivity (Wildman–Crippen MR) is 186 cm³/mol. The summed E-state index contributed by atoms with van der Waals surface area (Å²) in [7, 11) is 1.40. The molecule has 1 aliphatic rings. The molecular weight excluding hydrogens is 626 g/mol. The van der Waals surface area contributed by atoms with E-state index in [1.807, 2.05) is 37.3 Å². The van der Waals surface area contributed by atoms with E-state index >= 15 is 0 Å². The Hall–Kier alpha value is -3.92. The molecule has 4 aromatic rings. The summed E-state index contributed by atoms with van der Waals surface area (Å²) in [6, 6.07) is 15.9. The van der Waals surface area contributed by atoms with Crippen LogP contribution in [0, 0.1) is 26.6 Å². The zero-order valence-electron chi connectivity index (χ0n) is 27.0. The number of rotatable bonds is 8. The van der Waals surface area contributed by atoms with Gasteiger partial charge >= 0.3 is 6.09 Å². The third-order valence-corrected chi connectivity index (χ3v) is 9.38. The maximum atomic E-state index is 14.5. The third-order valence-electron chi connectivity index (χ3n) is 8.84. The average Bonchev–Trinajstić information content (AvgIpc) is 3.04. The first-order valence-electron chi connectivity index (χ1n) is 15.4. The van der Waals surface area contributed by atoms with Crippen LogP contribution in [-0.2, 0) is 0 Å². The van der Waals surface area contributed by atoms with Crippen LogP contribution in [0.3, 0.4) is 0 Å².